The van der Waals surface area contributed by atoms with E-state index in [1.54, 1.807) is 13.2 Å². The number of hydrogen-bond donors (Lipinski definition) is 0. The van der Waals surface area contributed by atoms with E-state index < -0.39 is 0 Å². The molecule has 0 rings (SSSR count). The predicted molar refractivity (Wildman–Crippen MR) is 45.2 cm³/mol. The summed E-state index contributed by atoms with van der Waals surface area (Å²) in [5.74, 6) is 1.52. The van der Waals surface area contributed by atoms with Gasteiger partial charge in [-0.25, -0.2) is 0 Å². The van der Waals surface area contributed by atoms with Crippen molar-refractivity contribution < 1.29 is 4.74 Å². The monoisotopic (exact) mass is 160 g/mol. The smallest absolute Gasteiger partial charge is 0.114 e. The summed E-state index contributed by atoms with van der Waals surface area (Å²) in [5.41, 5.74) is 0. The van der Waals surface area contributed by atoms with Crippen LogP contribution in [0, 0.1) is 0 Å². The molecule has 0 aliphatic rings. The van der Waals surface area contributed by atoms with E-state index in [9.17, 15) is 0 Å². The van der Waals surface area contributed by atoms with Crippen LogP contribution in [0.2, 0.25) is 0 Å². The van der Waals surface area contributed by atoms with Gasteiger partial charge in [0, 0.05) is 5.88 Å². The van der Waals surface area contributed by atoms with Gasteiger partial charge in [0.05, 0.1) is 7.11 Å². The molecule has 0 fully saturated rings. The summed E-state index contributed by atoms with van der Waals surface area (Å²) in [6, 6.07) is 0. The summed E-state index contributed by atoms with van der Waals surface area (Å²) >= 11 is 5.48. The minimum atomic E-state index is 0.699. The lowest BCUT2D eigenvalue weighted by Gasteiger charge is -1.97. The van der Waals surface area contributed by atoms with Gasteiger partial charge in [0.2, 0.25) is 0 Å². The van der Waals surface area contributed by atoms with Crippen molar-refractivity contribution >= 4 is 11.6 Å². The SMILES string of the molecule is C=CC(=CCCCCl)OC. The van der Waals surface area contributed by atoms with Crippen LogP contribution in [0.5, 0.6) is 0 Å². The van der Waals surface area contributed by atoms with Crippen molar-refractivity contribution in [1.82, 2.24) is 0 Å². The first-order valence-electron chi connectivity index (χ1n) is 3.27. The standard InChI is InChI=1S/C8H13ClO/c1-3-8(10-2)6-4-5-7-9/h3,6H,1,4-5,7H2,2H3. The van der Waals surface area contributed by atoms with E-state index in [0.717, 1.165) is 18.6 Å². The topological polar surface area (TPSA) is 9.23 Å². The Labute approximate surface area is 67.3 Å². The zero-order valence-electron chi connectivity index (χ0n) is 6.27. The number of methoxy groups -OCH3 is 1. The third-order valence-corrected chi connectivity index (χ3v) is 1.39. The molecule has 0 bridgehead atoms. The molecule has 0 N–H and O–H groups in total. The number of allylic oxidation sites excluding steroid dienone is 2. The highest BCUT2D eigenvalue weighted by molar-refractivity contribution is 6.17. The first-order valence-corrected chi connectivity index (χ1v) is 3.81. The Hall–Kier alpha value is -0.430. The Kier molecular flexibility index (Phi) is 6.40. The Morgan fingerprint density at radius 2 is 2.40 bits per heavy atom. The van der Waals surface area contributed by atoms with Crippen LogP contribution in [0.15, 0.2) is 24.5 Å². The van der Waals surface area contributed by atoms with E-state index in [2.05, 4.69) is 6.58 Å². The Morgan fingerprint density at radius 3 is 2.80 bits per heavy atom. The number of unbranched alkanes of at least 4 members (excludes halogenated alkanes) is 1. The molecule has 0 atom stereocenters. The van der Waals surface area contributed by atoms with Gasteiger partial charge in [0.25, 0.3) is 0 Å². The molecule has 0 aromatic carbocycles. The van der Waals surface area contributed by atoms with Crippen molar-refractivity contribution in [3.8, 4) is 0 Å². The lowest BCUT2D eigenvalue weighted by atomic mass is 10.3. The molecule has 2 heteroatoms. The normalized spacial score (nSPS) is 11.2. The van der Waals surface area contributed by atoms with Crippen molar-refractivity contribution in [2.45, 2.75) is 12.8 Å². The molecule has 0 radical (unpaired) electrons. The molecule has 0 aliphatic carbocycles. The minimum Gasteiger partial charge on any atom is -0.497 e. The van der Waals surface area contributed by atoms with Crippen LogP contribution < -0.4 is 0 Å². The molecule has 0 heterocycles. The molecule has 58 valence electrons. The van der Waals surface area contributed by atoms with Crippen molar-refractivity contribution in [2.24, 2.45) is 0 Å². The second-order valence-corrected chi connectivity index (χ2v) is 2.22. The highest BCUT2D eigenvalue weighted by Crippen LogP contribution is 2.01. The summed E-state index contributed by atoms with van der Waals surface area (Å²) in [4.78, 5) is 0. The van der Waals surface area contributed by atoms with E-state index in [0.29, 0.717) is 5.88 Å². The third kappa shape index (κ3) is 4.45. The summed E-state index contributed by atoms with van der Waals surface area (Å²) in [6.07, 6.45) is 5.62. The van der Waals surface area contributed by atoms with E-state index in [4.69, 9.17) is 16.3 Å². The largest absolute Gasteiger partial charge is 0.497 e. The van der Waals surface area contributed by atoms with Gasteiger partial charge >= 0.3 is 0 Å². The summed E-state index contributed by atoms with van der Waals surface area (Å²) in [6.45, 7) is 3.58. The van der Waals surface area contributed by atoms with Crippen LogP contribution in [0.3, 0.4) is 0 Å². The van der Waals surface area contributed by atoms with Crippen molar-refractivity contribution in [3.63, 3.8) is 0 Å². The lowest BCUT2D eigenvalue weighted by Crippen LogP contribution is -1.81. The zero-order valence-corrected chi connectivity index (χ0v) is 7.03. The molecule has 0 saturated carbocycles. The summed E-state index contributed by atoms with van der Waals surface area (Å²) in [5, 5.41) is 0. The van der Waals surface area contributed by atoms with E-state index >= 15 is 0 Å². The van der Waals surface area contributed by atoms with E-state index in [1.165, 1.54) is 0 Å². The molecule has 0 aromatic rings. The van der Waals surface area contributed by atoms with Gasteiger partial charge in [0.1, 0.15) is 5.76 Å². The second-order valence-electron chi connectivity index (χ2n) is 1.85. The van der Waals surface area contributed by atoms with Crippen molar-refractivity contribution in [1.29, 1.82) is 0 Å². The highest BCUT2D eigenvalue weighted by atomic mass is 35.5. The molecule has 0 aliphatic heterocycles. The number of ether oxygens (including phenoxy) is 1. The molecule has 0 spiro atoms. The van der Waals surface area contributed by atoms with Crippen LogP contribution >= 0.6 is 11.6 Å². The number of hydrogen-bond acceptors (Lipinski definition) is 1. The predicted octanol–water partition coefficient (Wildman–Crippen LogP) is 2.72. The first kappa shape index (κ1) is 9.57. The Morgan fingerprint density at radius 1 is 1.70 bits per heavy atom. The molecule has 0 saturated heterocycles. The second kappa shape index (κ2) is 6.69. The first-order chi connectivity index (χ1) is 4.85. The van der Waals surface area contributed by atoms with Gasteiger partial charge < -0.3 is 4.74 Å². The maximum absolute atomic E-state index is 5.48. The van der Waals surface area contributed by atoms with E-state index in [-0.39, 0.29) is 0 Å². The number of alkyl halides is 1. The van der Waals surface area contributed by atoms with Gasteiger partial charge in [-0.3, -0.25) is 0 Å². The van der Waals surface area contributed by atoms with Crippen LogP contribution in [0.25, 0.3) is 0 Å². The highest BCUT2D eigenvalue weighted by Gasteiger charge is 1.86. The van der Waals surface area contributed by atoms with Crippen LogP contribution in [0.1, 0.15) is 12.8 Å². The maximum atomic E-state index is 5.48. The van der Waals surface area contributed by atoms with Crippen LogP contribution in [-0.4, -0.2) is 13.0 Å². The minimum absolute atomic E-state index is 0.699. The number of rotatable bonds is 5. The van der Waals surface area contributed by atoms with Crippen LogP contribution in [0.4, 0.5) is 0 Å². The molecule has 10 heavy (non-hydrogen) atoms. The third-order valence-electron chi connectivity index (χ3n) is 1.12. The van der Waals surface area contributed by atoms with Crippen molar-refractivity contribution in [3.05, 3.63) is 24.5 Å². The zero-order chi connectivity index (χ0) is 7.82. The van der Waals surface area contributed by atoms with E-state index in [1.807, 2.05) is 6.08 Å². The Balaban J connectivity index is 3.53. The van der Waals surface area contributed by atoms with Gasteiger partial charge in [-0.05, 0) is 25.0 Å². The summed E-state index contributed by atoms with van der Waals surface area (Å²) < 4.78 is 4.95. The molecule has 0 amide bonds. The van der Waals surface area contributed by atoms with Gasteiger partial charge in [-0.1, -0.05) is 6.58 Å². The molecular formula is C8H13ClO. The maximum Gasteiger partial charge on any atom is 0.114 e. The molecule has 0 aromatic heterocycles. The quantitative estimate of drug-likeness (QED) is 0.260. The van der Waals surface area contributed by atoms with Gasteiger partial charge in [0.15, 0.2) is 0 Å². The average Bonchev–Trinajstić information content (AvgIpc) is 1.99. The Bertz CT molecular complexity index is 118. The molecular weight excluding hydrogens is 148 g/mol. The fourth-order valence-corrected chi connectivity index (χ4v) is 0.726. The van der Waals surface area contributed by atoms with Gasteiger partial charge in [-0.2, -0.15) is 0 Å². The average molecular weight is 161 g/mol. The van der Waals surface area contributed by atoms with Gasteiger partial charge in [-0.15, -0.1) is 11.6 Å². The fraction of sp³-hybridized carbons (Fsp3) is 0.500. The molecule has 1 nitrogen and oxygen atoms in total. The van der Waals surface area contributed by atoms with Crippen LogP contribution in [-0.2, 0) is 4.74 Å². The summed E-state index contributed by atoms with van der Waals surface area (Å²) in [7, 11) is 1.63. The number of halogens is 1. The lowest BCUT2D eigenvalue weighted by molar-refractivity contribution is 0.305. The van der Waals surface area contributed by atoms with Crippen molar-refractivity contribution in [2.75, 3.05) is 13.0 Å². The molecule has 0 unspecified atom stereocenters. The fourth-order valence-electron chi connectivity index (χ4n) is 0.571.